The van der Waals surface area contributed by atoms with Crippen molar-refractivity contribution in [1.29, 1.82) is 0 Å². The summed E-state index contributed by atoms with van der Waals surface area (Å²) >= 11 is 0. The van der Waals surface area contributed by atoms with Crippen molar-refractivity contribution in [2.75, 3.05) is 13.1 Å². The maximum atomic E-state index is 8.88. The Hall–Kier alpha value is -0.120. The maximum Gasteiger partial charge on any atom is 0.160 e. The van der Waals surface area contributed by atoms with E-state index < -0.39 is 5.79 Å². The van der Waals surface area contributed by atoms with Crippen LogP contribution in [0.3, 0.4) is 0 Å². The average molecular weight is 131 g/mol. The van der Waals surface area contributed by atoms with Crippen molar-refractivity contribution in [3.63, 3.8) is 0 Å². The van der Waals surface area contributed by atoms with Crippen LogP contribution in [0.5, 0.6) is 0 Å². The summed E-state index contributed by atoms with van der Waals surface area (Å²) in [6.45, 7) is 3.28. The highest BCUT2D eigenvalue weighted by Gasteiger charge is 2.25. The van der Waals surface area contributed by atoms with Crippen LogP contribution in [0, 0.1) is 5.92 Å². The van der Waals surface area contributed by atoms with Crippen molar-refractivity contribution in [2.24, 2.45) is 5.92 Å². The van der Waals surface area contributed by atoms with Gasteiger partial charge in [0.25, 0.3) is 0 Å². The molecular formula is C6H13NO2. The zero-order chi connectivity index (χ0) is 6.91. The number of hydrogen-bond acceptors (Lipinski definition) is 3. The summed E-state index contributed by atoms with van der Waals surface area (Å²) in [6.07, 6.45) is 0.486. The highest BCUT2D eigenvalue weighted by molar-refractivity contribution is 4.78. The lowest BCUT2D eigenvalue weighted by atomic mass is 9.95. The Balaban J connectivity index is 2.16. The van der Waals surface area contributed by atoms with Crippen LogP contribution in [-0.2, 0) is 0 Å². The Morgan fingerprint density at radius 3 is 2.22 bits per heavy atom. The van der Waals surface area contributed by atoms with Gasteiger partial charge in [-0.2, -0.15) is 0 Å². The molecule has 0 aromatic heterocycles. The van der Waals surface area contributed by atoms with Gasteiger partial charge in [0.1, 0.15) is 0 Å². The molecular weight excluding hydrogens is 118 g/mol. The molecule has 0 saturated carbocycles. The number of rotatable bonds is 2. The Morgan fingerprint density at radius 2 is 2.11 bits per heavy atom. The molecule has 0 atom stereocenters. The van der Waals surface area contributed by atoms with E-state index >= 15 is 0 Å². The Morgan fingerprint density at radius 1 is 1.56 bits per heavy atom. The Bertz CT molecular complexity index is 93.7. The van der Waals surface area contributed by atoms with E-state index in [2.05, 4.69) is 5.32 Å². The van der Waals surface area contributed by atoms with Crippen LogP contribution in [0.15, 0.2) is 0 Å². The molecule has 3 N–H and O–H groups in total. The van der Waals surface area contributed by atoms with Gasteiger partial charge in [0, 0.05) is 6.42 Å². The fourth-order valence-electron chi connectivity index (χ4n) is 1.04. The van der Waals surface area contributed by atoms with E-state index in [1.807, 2.05) is 0 Å². The van der Waals surface area contributed by atoms with Gasteiger partial charge in [-0.25, -0.2) is 0 Å². The summed E-state index contributed by atoms with van der Waals surface area (Å²) in [6, 6.07) is 0. The zero-order valence-corrected chi connectivity index (χ0v) is 5.59. The largest absolute Gasteiger partial charge is 0.366 e. The minimum Gasteiger partial charge on any atom is -0.366 e. The molecule has 0 spiro atoms. The fourth-order valence-corrected chi connectivity index (χ4v) is 1.04. The lowest BCUT2D eigenvalue weighted by Crippen LogP contribution is -2.45. The van der Waals surface area contributed by atoms with E-state index in [1.54, 1.807) is 0 Å². The zero-order valence-electron chi connectivity index (χ0n) is 5.59. The van der Waals surface area contributed by atoms with Gasteiger partial charge in [-0.05, 0) is 25.9 Å². The van der Waals surface area contributed by atoms with Gasteiger partial charge < -0.3 is 15.5 Å². The number of hydrogen-bond donors (Lipinski definition) is 3. The molecule has 0 aromatic carbocycles. The molecule has 0 aromatic rings. The van der Waals surface area contributed by atoms with Crippen LogP contribution in [0.25, 0.3) is 0 Å². The van der Waals surface area contributed by atoms with Crippen molar-refractivity contribution >= 4 is 0 Å². The molecule has 0 bridgehead atoms. The lowest BCUT2D eigenvalue weighted by Gasteiger charge is -2.31. The molecule has 1 heterocycles. The molecule has 1 rings (SSSR count). The molecule has 0 amide bonds. The topological polar surface area (TPSA) is 52.5 Å². The van der Waals surface area contributed by atoms with Crippen LogP contribution in [-0.4, -0.2) is 29.1 Å². The quantitative estimate of drug-likeness (QED) is 0.434. The number of aliphatic hydroxyl groups is 2. The third kappa shape index (κ3) is 2.30. The standard InChI is InChI=1S/C6H13NO2/c1-6(8,9)2-5-3-7-4-5/h5,7-9H,2-4H2,1H3. The van der Waals surface area contributed by atoms with Gasteiger partial charge in [0.05, 0.1) is 0 Å². The van der Waals surface area contributed by atoms with E-state index in [0.29, 0.717) is 12.3 Å². The number of nitrogens with one attached hydrogen (secondary N) is 1. The fraction of sp³-hybridized carbons (Fsp3) is 1.00. The highest BCUT2D eigenvalue weighted by atomic mass is 16.5. The van der Waals surface area contributed by atoms with Crippen LogP contribution in [0.4, 0.5) is 0 Å². The highest BCUT2D eigenvalue weighted by Crippen LogP contribution is 2.16. The summed E-state index contributed by atoms with van der Waals surface area (Å²) in [5.41, 5.74) is 0. The van der Waals surface area contributed by atoms with Crippen LogP contribution < -0.4 is 5.32 Å². The van der Waals surface area contributed by atoms with E-state index in [1.165, 1.54) is 6.92 Å². The van der Waals surface area contributed by atoms with Gasteiger partial charge in [-0.3, -0.25) is 0 Å². The van der Waals surface area contributed by atoms with Crippen molar-refractivity contribution < 1.29 is 10.2 Å². The minimum atomic E-state index is -1.47. The van der Waals surface area contributed by atoms with Gasteiger partial charge in [-0.15, -0.1) is 0 Å². The summed E-state index contributed by atoms with van der Waals surface area (Å²) < 4.78 is 0. The molecule has 1 saturated heterocycles. The van der Waals surface area contributed by atoms with Crippen molar-refractivity contribution in [1.82, 2.24) is 5.32 Å². The van der Waals surface area contributed by atoms with E-state index in [4.69, 9.17) is 10.2 Å². The van der Waals surface area contributed by atoms with Crippen molar-refractivity contribution in [3.8, 4) is 0 Å². The molecule has 1 fully saturated rings. The van der Waals surface area contributed by atoms with Gasteiger partial charge in [-0.1, -0.05) is 0 Å². The molecule has 1 aliphatic heterocycles. The average Bonchev–Trinajstić information content (AvgIpc) is 1.53. The Labute approximate surface area is 54.7 Å². The SMILES string of the molecule is CC(O)(O)CC1CNC1. The third-order valence-electron chi connectivity index (χ3n) is 1.54. The second-order valence-corrected chi connectivity index (χ2v) is 2.95. The normalized spacial score (nSPS) is 21.7. The van der Waals surface area contributed by atoms with Crippen LogP contribution >= 0.6 is 0 Å². The van der Waals surface area contributed by atoms with Crippen molar-refractivity contribution in [3.05, 3.63) is 0 Å². The first-order valence-electron chi connectivity index (χ1n) is 3.23. The lowest BCUT2D eigenvalue weighted by molar-refractivity contribution is -0.160. The van der Waals surface area contributed by atoms with Crippen molar-refractivity contribution in [2.45, 2.75) is 19.1 Å². The molecule has 9 heavy (non-hydrogen) atoms. The second kappa shape index (κ2) is 2.25. The van der Waals surface area contributed by atoms with Gasteiger partial charge in [0.2, 0.25) is 0 Å². The predicted octanol–water partition coefficient (Wildman–Crippen LogP) is -0.703. The second-order valence-electron chi connectivity index (χ2n) is 2.95. The third-order valence-corrected chi connectivity index (χ3v) is 1.54. The van der Waals surface area contributed by atoms with E-state index in [9.17, 15) is 0 Å². The smallest absolute Gasteiger partial charge is 0.160 e. The van der Waals surface area contributed by atoms with Crippen LogP contribution in [0.2, 0.25) is 0 Å². The maximum absolute atomic E-state index is 8.88. The van der Waals surface area contributed by atoms with E-state index in [0.717, 1.165) is 13.1 Å². The van der Waals surface area contributed by atoms with E-state index in [-0.39, 0.29) is 0 Å². The molecule has 54 valence electrons. The summed E-state index contributed by atoms with van der Waals surface area (Å²) in [5.74, 6) is -1.00. The predicted molar refractivity (Wildman–Crippen MR) is 33.8 cm³/mol. The minimum absolute atomic E-state index is 0.463. The van der Waals surface area contributed by atoms with Crippen LogP contribution in [0.1, 0.15) is 13.3 Å². The first-order chi connectivity index (χ1) is 4.08. The summed E-state index contributed by atoms with van der Waals surface area (Å²) in [5, 5.41) is 20.8. The molecule has 0 aliphatic carbocycles. The summed E-state index contributed by atoms with van der Waals surface area (Å²) in [4.78, 5) is 0. The molecule has 1 aliphatic rings. The summed E-state index contributed by atoms with van der Waals surface area (Å²) in [7, 11) is 0. The molecule has 3 heteroatoms. The first-order valence-corrected chi connectivity index (χ1v) is 3.23. The monoisotopic (exact) mass is 131 g/mol. The molecule has 3 nitrogen and oxygen atoms in total. The first kappa shape index (κ1) is 6.99. The molecule has 0 radical (unpaired) electrons. The van der Waals surface area contributed by atoms with Gasteiger partial charge >= 0.3 is 0 Å². The van der Waals surface area contributed by atoms with Gasteiger partial charge in [0.15, 0.2) is 5.79 Å². The Kier molecular flexibility index (Phi) is 1.75. The molecule has 0 unspecified atom stereocenters.